The van der Waals surface area contributed by atoms with Crippen LogP contribution < -0.4 is 4.90 Å². The molecule has 0 saturated heterocycles. The lowest BCUT2D eigenvalue weighted by Gasteiger charge is -2.26. The van der Waals surface area contributed by atoms with Gasteiger partial charge < -0.3 is 9.47 Å². The molecule has 0 fully saturated rings. The minimum Gasteiger partial charge on any atom is -0.311 e. The van der Waals surface area contributed by atoms with Crippen molar-refractivity contribution in [3.05, 3.63) is 231 Å². The smallest absolute Gasteiger partial charge is 0.0541 e. The van der Waals surface area contributed by atoms with Gasteiger partial charge in [0.1, 0.15) is 0 Å². The van der Waals surface area contributed by atoms with Crippen LogP contribution in [-0.4, -0.2) is 4.57 Å². The molecule has 3 heteroatoms. The number of thiophene rings is 1. The van der Waals surface area contributed by atoms with Gasteiger partial charge in [0.2, 0.25) is 0 Å². The lowest BCUT2D eigenvalue weighted by Crippen LogP contribution is -2.10. The summed E-state index contributed by atoms with van der Waals surface area (Å²) >= 11 is 1.88. The Morgan fingerprint density at radius 2 is 0.754 bits per heavy atom. The first kappa shape index (κ1) is 35.2. The molecule has 0 unspecified atom stereocenters. The van der Waals surface area contributed by atoms with Gasteiger partial charge in [-0.2, -0.15) is 0 Å². The highest BCUT2D eigenvalue weighted by atomic mass is 32.1. The number of hydrogen-bond acceptors (Lipinski definition) is 2. The second-order valence-electron chi connectivity index (χ2n) is 15.7. The second-order valence-corrected chi connectivity index (χ2v) is 16.8. The number of para-hydroxylation sites is 2. The number of rotatable bonds is 7. The van der Waals surface area contributed by atoms with Crippen LogP contribution in [0.1, 0.15) is 0 Å². The van der Waals surface area contributed by atoms with E-state index in [1.54, 1.807) is 0 Å². The summed E-state index contributed by atoms with van der Waals surface area (Å²) in [6, 6.07) is 84.0. The van der Waals surface area contributed by atoms with Crippen LogP contribution in [0.4, 0.5) is 17.1 Å². The van der Waals surface area contributed by atoms with Gasteiger partial charge in [-0.3, -0.25) is 0 Å². The van der Waals surface area contributed by atoms with E-state index in [0.717, 1.165) is 22.7 Å². The minimum absolute atomic E-state index is 1.09. The molecule has 0 aliphatic carbocycles. The van der Waals surface area contributed by atoms with E-state index in [1.165, 1.54) is 86.1 Å². The minimum atomic E-state index is 1.09. The highest BCUT2D eigenvalue weighted by molar-refractivity contribution is 7.26. The van der Waals surface area contributed by atoms with Crippen molar-refractivity contribution in [2.45, 2.75) is 0 Å². The number of anilines is 3. The van der Waals surface area contributed by atoms with E-state index in [4.69, 9.17) is 0 Å². The summed E-state index contributed by atoms with van der Waals surface area (Å²) in [6.07, 6.45) is 0. The summed E-state index contributed by atoms with van der Waals surface area (Å²) in [5, 5.41) is 7.69. The fourth-order valence-corrected chi connectivity index (χ4v) is 10.5. The molecule has 2 aromatic heterocycles. The Balaban J connectivity index is 0.924. The summed E-state index contributed by atoms with van der Waals surface area (Å²) in [7, 11) is 0. The maximum absolute atomic E-state index is 2.38. The molecule has 12 rings (SSSR count). The highest BCUT2D eigenvalue weighted by Crippen LogP contribution is 2.42. The standard InChI is InChI=1S/C58H38N2S/c1-2-13-48-41(11-1)12-9-17-49(48)42-25-23-39(24-26-42)40-27-31-44(32-28-40)59(45-33-29-43(30-34-45)50-18-10-19-54-53-16-5-8-22-57(53)61-58(50)54)46-35-37-47(38-36-46)60-55-20-6-3-14-51(55)52-15-4-7-21-56(52)60/h1-38H. The molecule has 286 valence electrons. The number of fused-ring (bicyclic) bond motifs is 7. The van der Waals surface area contributed by atoms with E-state index >= 15 is 0 Å². The van der Waals surface area contributed by atoms with Gasteiger partial charge in [0.05, 0.1) is 11.0 Å². The first-order valence-corrected chi connectivity index (χ1v) is 21.6. The Morgan fingerprint density at radius 3 is 1.43 bits per heavy atom. The predicted molar refractivity (Wildman–Crippen MR) is 262 cm³/mol. The molecule has 0 atom stereocenters. The average molecular weight is 795 g/mol. The zero-order valence-electron chi connectivity index (χ0n) is 33.2. The molecule has 0 aliphatic heterocycles. The van der Waals surface area contributed by atoms with Crippen molar-refractivity contribution >= 4 is 81.1 Å². The molecule has 0 N–H and O–H groups in total. The summed E-state index contributed by atoms with van der Waals surface area (Å²) in [5.74, 6) is 0. The van der Waals surface area contributed by atoms with Crippen LogP contribution in [0.15, 0.2) is 231 Å². The first-order chi connectivity index (χ1) is 30.2. The Hall–Kier alpha value is -7.72. The van der Waals surface area contributed by atoms with Gasteiger partial charge in [-0.25, -0.2) is 0 Å². The zero-order chi connectivity index (χ0) is 40.3. The van der Waals surface area contributed by atoms with Crippen molar-refractivity contribution in [2.24, 2.45) is 0 Å². The van der Waals surface area contributed by atoms with Crippen LogP contribution in [0.25, 0.3) is 91.8 Å². The van der Waals surface area contributed by atoms with Crippen molar-refractivity contribution in [1.29, 1.82) is 0 Å². The van der Waals surface area contributed by atoms with Gasteiger partial charge in [0.15, 0.2) is 0 Å². The Kier molecular flexibility index (Phi) is 8.39. The van der Waals surface area contributed by atoms with Crippen molar-refractivity contribution < 1.29 is 0 Å². The van der Waals surface area contributed by atoms with Crippen LogP contribution in [0, 0.1) is 0 Å². The number of hydrogen-bond donors (Lipinski definition) is 0. The maximum Gasteiger partial charge on any atom is 0.0541 e. The average Bonchev–Trinajstić information content (AvgIpc) is 3.89. The number of aromatic nitrogens is 1. The van der Waals surface area contributed by atoms with Gasteiger partial charge in [0.25, 0.3) is 0 Å². The molecule has 0 amide bonds. The van der Waals surface area contributed by atoms with E-state index in [0.29, 0.717) is 0 Å². The second kappa shape index (κ2) is 14.5. The normalized spacial score (nSPS) is 11.6. The van der Waals surface area contributed by atoms with Crippen molar-refractivity contribution in [1.82, 2.24) is 4.57 Å². The lowest BCUT2D eigenvalue weighted by atomic mass is 9.96. The van der Waals surface area contributed by atoms with Gasteiger partial charge in [-0.15, -0.1) is 11.3 Å². The SMILES string of the molecule is c1ccc2c(-c3ccc(-c4ccc(N(c5ccc(-c6cccc7c6sc6ccccc67)cc5)c5ccc(-n6c7ccccc7c7ccccc76)cc5)cc4)cc3)cccc2c1. The molecule has 0 saturated carbocycles. The Labute approximate surface area is 358 Å². The molecule has 2 nitrogen and oxygen atoms in total. The van der Waals surface area contributed by atoms with Crippen molar-refractivity contribution in [2.75, 3.05) is 4.90 Å². The van der Waals surface area contributed by atoms with E-state index in [-0.39, 0.29) is 0 Å². The third-order valence-electron chi connectivity index (χ3n) is 12.2. The highest BCUT2D eigenvalue weighted by Gasteiger charge is 2.17. The Morgan fingerprint density at radius 1 is 0.311 bits per heavy atom. The van der Waals surface area contributed by atoms with Crippen LogP contribution in [0.3, 0.4) is 0 Å². The molecule has 61 heavy (non-hydrogen) atoms. The molecule has 12 aromatic rings. The molecule has 10 aromatic carbocycles. The zero-order valence-corrected chi connectivity index (χ0v) is 34.1. The molecule has 0 bridgehead atoms. The molecule has 0 spiro atoms. The van der Waals surface area contributed by atoms with Gasteiger partial charge >= 0.3 is 0 Å². The largest absolute Gasteiger partial charge is 0.311 e. The topological polar surface area (TPSA) is 8.17 Å². The number of nitrogens with zero attached hydrogens (tertiary/aromatic N) is 2. The van der Waals surface area contributed by atoms with Crippen molar-refractivity contribution in [3.63, 3.8) is 0 Å². The third kappa shape index (κ3) is 6.01. The number of benzene rings is 10. The Bertz CT molecular complexity index is 3500. The van der Waals surface area contributed by atoms with Crippen LogP contribution in [0.2, 0.25) is 0 Å². The lowest BCUT2D eigenvalue weighted by molar-refractivity contribution is 1.17. The van der Waals surface area contributed by atoms with Crippen LogP contribution in [0.5, 0.6) is 0 Å². The quantitative estimate of drug-likeness (QED) is 0.156. The fourth-order valence-electron chi connectivity index (χ4n) is 9.29. The molecule has 0 radical (unpaired) electrons. The molecule has 2 heterocycles. The summed E-state index contributed by atoms with van der Waals surface area (Å²) in [4.78, 5) is 2.37. The predicted octanol–water partition coefficient (Wildman–Crippen LogP) is 16.8. The van der Waals surface area contributed by atoms with E-state index in [9.17, 15) is 0 Å². The summed E-state index contributed by atoms with van der Waals surface area (Å²) < 4.78 is 5.03. The van der Waals surface area contributed by atoms with E-state index in [1.807, 2.05) is 11.3 Å². The summed E-state index contributed by atoms with van der Waals surface area (Å²) in [6.45, 7) is 0. The van der Waals surface area contributed by atoms with Crippen LogP contribution in [-0.2, 0) is 0 Å². The van der Waals surface area contributed by atoms with E-state index in [2.05, 4.69) is 240 Å². The van der Waals surface area contributed by atoms with E-state index < -0.39 is 0 Å². The third-order valence-corrected chi connectivity index (χ3v) is 13.5. The molecular formula is C58H38N2S. The molecular weight excluding hydrogens is 757 g/mol. The fraction of sp³-hybridized carbons (Fsp3) is 0. The summed E-state index contributed by atoms with van der Waals surface area (Å²) in [5.41, 5.74) is 14.2. The maximum atomic E-state index is 2.38. The molecule has 0 aliphatic rings. The van der Waals surface area contributed by atoms with Gasteiger partial charge in [-0.1, -0.05) is 164 Å². The van der Waals surface area contributed by atoms with Crippen molar-refractivity contribution in [3.8, 4) is 39.1 Å². The van der Waals surface area contributed by atoms with Gasteiger partial charge in [-0.05, 0) is 111 Å². The van der Waals surface area contributed by atoms with Gasteiger partial charge in [0, 0.05) is 53.7 Å². The first-order valence-electron chi connectivity index (χ1n) is 20.8. The van der Waals surface area contributed by atoms with Crippen LogP contribution >= 0.6 is 11.3 Å². The monoisotopic (exact) mass is 794 g/mol.